The van der Waals surface area contributed by atoms with Gasteiger partial charge in [0.15, 0.2) is 0 Å². The first kappa shape index (κ1) is 23.2. The van der Waals surface area contributed by atoms with Crippen LogP contribution in [0.15, 0.2) is 0 Å². The predicted octanol–water partition coefficient (Wildman–Crippen LogP) is -0.408. The standard InChI is InChI=1S/C11H26Cl2N3O2P.ClH/c1-11(2,15(12)13)7-10-19(17,18)14(3)8-9-16(4,5)6;/h7-10H2,1-6H3;1H. The van der Waals surface area contributed by atoms with E-state index in [1.807, 2.05) is 13.8 Å². The summed E-state index contributed by atoms with van der Waals surface area (Å²) in [5.41, 5.74) is -0.525. The van der Waals surface area contributed by atoms with E-state index >= 15 is 0 Å². The van der Waals surface area contributed by atoms with Crippen molar-refractivity contribution < 1.29 is 26.3 Å². The molecule has 0 radical (unpaired) electrons. The van der Waals surface area contributed by atoms with Crippen LogP contribution in [0.4, 0.5) is 0 Å². The summed E-state index contributed by atoms with van der Waals surface area (Å²) in [5.74, 6) is 0. The molecule has 0 heterocycles. The fourth-order valence-electron chi connectivity index (χ4n) is 1.28. The maximum absolute atomic E-state index is 12.3. The average molecular weight is 371 g/mol. The monoisotopic (exact) mass is 369 g/mol. The van der Waals surface area contributed by atoms with Crippen molar-refractivity contribution in [1.82, 2.24) is 8.61 Å². The topological polar surface area (TPSA) is 43.8 Å². The Labute approximate surface area is 139 Å². The maximum Gasteiger partial charge on any atom is 0.269 e. The second-order valence-electron chi connectivity index (χ2n) is 6.58. The van der Waals surface area contributed by atoms with Crippen LogP contribution in [0.25, 0.3) is 0 Å². The van der Waals surface area contributed by atoms with Crippen molar-refractivity contribution in [3.8, 4) is 0 Å². The first-order valence-corrected chi connectivity index (χ1v) is 8.71. The summed E-state index contributed by atoms with van der Waals surface area (Å²) in [6, 6.07) is 0. The van der Waals surface area contributed by atoms with E-state index in [0.717, 1.165) is 15.0 Å². The lowest BCUT2D eigenvalue weighted by molar-refractivity contribution is -0.869. The molecule has 0 spiro atoms. The van der Waals surface area contributed by atoms with Gasteiger partial charge in [-0.3, -0.25) is 4.57 Å². The van der Waals surface area contributed by atoms with Gasteiger partial charge in [0.1, 0.15) is 0 Å². The minimum Gasteiger partial charge on any atom is -1.00 e. The summed E-state index contributed by atoms with van der Waals surface area (Å²) in [6.45, 7) is 5.04. The lowest BCUT2D eigenvalue weighted by atomic mass is 10.0. The highest BCUT2D eigenvalue weighted by molar-refractivity contribution is 7.55. The molecule has 0 saturated carbocycles. The zero-order valence-electron chi connectivity index (χ0n) is 13.1. The number of hydrogen-bond donors (Lipinski definition) is 1. The maximum atomic E-state index is 12.3. The zero-order chi connectivity index (χ0) is 15.5. The molecule has 1 N–H and O–H groups in total. The van der Waals surface area contributed by atoms with E-state index in [0.29, 0.717) is 13.0 Å². The van der Waals surface area contributed by atoms with Gasteiger partial charge in [-0.2, -0.15) is 0 Å². The van der Waals surface area contributed by atoms with Gasteiger partial charge in [-0.1, -0.05) is 0 Å². The molecule has 124 valence electrons. The molecule has 0 aliphatic heterocycles. The Balaban J connectivity index is 0. The summed E-state index contributed by atoms with van der Waals surface area (Å²) in [7, 11) is 4.52. The van der Waals surface area contributed by atoms with Crippen LogP contribution in [0.2, 0.25) is 0 Å². The van der Waals surface area contributed by atoms with Gasteiger partial charge in [0, 0.05) is 11.7 Å². The normalized spacial score (nSPS) is 16.1. The summed E-state index contributed by atoms with van der Waals surface area (Å²) in [5, 5.41) is 0. The van der Waals surface area contributed by atoms with Crippen LogP contribution in [0.3, 0.4) is 0 Å². The number of quaternary nitrogens is 1. The van der Waals surface area contributed by atoms with Crippen LogP contribution in [0, 0.1) is 0 Å². The van der Waals surface area contributed by atoms with E-state index in [4.69, 9.17) is 23.6 Å². The van der Waals surface area contributed by atoms with Crippen molar-refractivity contribution in [2.24, 2.45) is 0 Å². The Hall–Kier alpha value is 0.940. The quantitative estimate of drug-likeness (QED) is 0.358. The van der Waals surface area contributed by atoms with Crippen molar-refractivity contribution in [2.45, 2.75) is 25.8 Å². The second kappa shape index (κ2) is 8.54. The third-order valence-electron chi connectivity index (χ3n) is 3.10. The van der Waals surface area contributed by atoms with Crippen molar-refractivity contribution in [2.75, 3.05) is 47.4 Å². The lowest BCUT2D eigenvalue weighted by Crippen LogP contribution is -3.00. The van der Waals surface area contributed by atoms with Gasteiger partial charge in [0.05, 0.1) is 34.2 Å². The number of hydrogen-bond acceptors (Lipinski definition) is 2. The Morgan fingerprint density at radius 2 is 1.70 bits per heavy atom. The predicted molar refractivity (Wildman–Crippen MR) is 82.5 cm³/mol. The molecule has 20 heavy (non-hydrogen) atoms. The van der Waals surface area contributed by atoms with E-state index < -0.39 is 13.1 Å². The summed E-state index contributed by atoms with van der Waals surface area (Å²) in [4.78, 5) is 10.1. The fourth-order valence-corrected chi connectivity index (χ4v) is 3.03. The van der Waals surface area contributed by atoms with Gasteiger partial charge in [-0.25, -0.2) is 4.67 Å². The van der Waals surface area contributed by atoms with Crippen LogP contribution in [0.5, 0.6) is 0 Å². The van der Waals surface area contributed by atoms with Gasteiger partial charge in [-0.15, -0.1) is 3.94 Å². The molecule has 0 fully saturated rings. The smallest absolute Gasteiger partial charge is 0.269 e. The minimum absolute atomic E-state index is 0. The Kier molecular flexibility index (Phi) is 9.91. The fraction of sp³-hybridized carbons (Fsp3) is 1.00. The highest BCUT2D eigenvalue weighted by Crippen LogP contribution is 2.46. The van der Waals surface area contributed by atoms with E-state index in [9.17, 15) is 9.46 Å². The molecular formula is C11H27Cl3N3O2P. The molecule has 0 bridgehead atoms. The Bertz CT molecular complexity index is 335. The van der Waals surface area contributed by atoms with Crippen LogP contribution in [-0.4, -0.2) is 71.0 Å². The summed E-state index contributed by atoms with van der Waals surface area (Å²) >= 11 is 11.4. The highest BCUT2D eigenvalue weighted by atomic mass is 35.5. The Morgan fingerprint density at radius 3 is 2.05 bits per heavy atom. The highest BCUT2D eigenvalue weighted by Gasteiger charge is 2.32. The first-order chi connectivity index (χ1) is 8.28. The van der Waals surface area contributed by atoms with Crippen molar-refractivity contribution in [1.29, 1.82) is 0 Å². The summed E-state index contributed by atoms with van der Waals surface area (Å²) in [6.07, 6.45) is 0.617. The number of nitrogens with zero attached hydrogens (tertiary/aromatic N) is 3. The molecule has 5 nitrogen and oxygen atoms in total. The molecule has 1 unspecified atom stereocenters. The van der Waals surface area contributed by atoms with E-state index in [1.165, 1.54) is 0 Å². The first-order valence-electron chi connectivity index (χ1n) is 6.24. The van der Waals surface area contributed by atoms with Crippen LogP contribution >= 0.6 is 31.1 Å². The van der Waals surface area contributed by atoms with Crippen LogP contribution in [0.1, 0.15) is 20.3 Å². The molecule has 0 saturated heterocycles. The third-order valence-corrected chi connectivity index (χ3v) is 6.09. The van der Waals surface area contributed by atoms with E-state index in [2.05, 4.69) is 21.1 Å². The molecule has 0 amide bonds. The van der Waals surface area contributed by atoms with Crippen molar-refractivity contribution in [3.05, 3.63) is 0 Å². The van der Waals surface area contributed by atoms with Gasteiger partial charge in [0.25, 0.3) is 7.52 Å². The number of likely N-dealkylation sites (N-methyl/N-ethyl adjacent to an activating group) is 2. The molecular weight excluding hydrogens is 343 g/mol. The SMILES string of the molecule is CN(CC[N+](C)(C)C)P(=O)(O)CCC(C)(C)N(Cl)Cl.[Cl-]. The number of rotatable bonds is 8. The molecule has 0 aliphatic rings. The molecule has 0 aromatic rings. The van der Waals surface area contributed by atoms with Crippen molar-refractivity contribution in [3.63, 3.8) is 0 Å². The molecule has 1 atom stereocenters. The molecule has 0 aliphatic carbocycles. The average Bonchev–Trinajstić information content (AvgIpc) is 2.22. The second-order valence-corrected chi connectivity index (χ2v) is 9.89. The van der Waals surface area contributed by atoms with Crippen LogP contribution in [-0.2, 0) is 4.57 Å². The molecule has 0 aromatic carbocycles. The lowest BCUT2D eigenvalue weighted by Gasteiger charge is -2.32. The third kappa shape index (κ3) is 9.06. The van der Waals surface area contributed by atoms with Crippen LogP contribution < -0.4 is 12.4 Å². The van der Waals surface area contributed by atoms with Gasteiger partial charge in [-0.05, 0) is 50.9 Å². The molecule has 9 heteroatoms. The van der Waals surface area contributed by atoms with E-state index in [1.54, 1.807) is 11.7 Å². The largest absolute Gasteiger partial charge is 1.00 e. The Morgan fingerprint density at radius 1 is 1.25 bits per heavy atom. The summed E-state index contributed by atoms with van der Waals surface area (Å²) < 4.78 is 15.6. The number of halogens is 3. The van der Waals surface area contributed by atoms with Gasteiger partial charge < -0.3 is 21.8 Å². The van der Waals surface area contributed by atoms with Gasteiger partial charge in [0.2, 0.25) is 0 Å². The zero-order valence-corrected chi connectivity index (χ0v) is 16.3. The molecule has 0 aromatic heterocycles. The van der Waals surface area contributed by atoms with Gasteiger partial charge >= 0.3 is 0 Å². The van der Waals surface area contributed by atoms with Crippen molar-refractivity contribution >= 4 is 31.1 Å². The molecule has 0 rings (SSSR count). The minimum atomic E-state index is -3.33. The van der Waals surface area contributed by atoms with E-state index in [-0.39, 0.29) is 18.6 Å².